The highest BCUT2D eigenvalue weighted by molar-refractivity contribution is 5.81. The summed E-state index contributed by atoms with van der Waals surface area (Å²) < 4.78 is 11.4. The molecule has 15 heavy (non-hydrogen) atoms. The average molecular weight is 214 g/mol. The van der Waals surface area contributed by atoms with Gasteiger partial charge in [0, 0.05) is 6.42 Å². The van der Waals surface area contributed by atoms with Crippen LogP contribution in [0.5, 0.6) is 0 Å². The fourth-order valence-corrected chi connectivity index (χ4v) is 1.97. The molecule has 0 N–H and O–H groups in total. The van der Waals surface area contributed by atoms with Crippen LogP contribution in [0.1, 0.15) is 41.0 Å². The van der Waals surface area contributed by atoms with Gasteiger partial charge in [-0.2, -0.15) is 0 Å². The Morgan fingerprint density at radius 1 is 1.47 bits per heavy atom. The van der Waals surface area contributed by atoms with Crippen LogP contribution in [0.15, 0.2) is 0 Å². The molecule has 2 atom stereocenters. The van der Waals surface area contributed by atoms with Gasteiger partial charge < -0.3 is 9.47 Å². The van der Waals surface area contributed by atoms with Crippen LogP contribution in [0.3, 0.4) is 0 Å². The number of hydrogen-bond acceptors (Lipinski definition) is 3. The largest absolute Gasteiger partial charge is 0.350 e. The smallest absolute Gasteiger partial charge is 0.163 e. The molecule has 0 spiro atoms. The maximum Gasteiger partial charge on any atom is 0.163 e. The zero-order valence-electron chi connectivity index (χ0n) is 10.4. The SMILES string of the molecule is CCC(=O)[C@H]1COC(C)(C)O[C@H]1C(C)C. The molecule has 1 aliphatic heterocycles. The highest BCUT2D eigenvalue weighted by Gasteiger charge is 2.40. The molecule has 3 nitrogen and oxygen atoms in total. The Labute approximate surface area is 92.1 Å². The molecule has 3 heteroatoms. The zero-order chi connectivity index (χ0) is 11.6. The minimum absolute atomic E-state index is 0.0128. The first-order chi connectivity index (χ1) is 6.87. The van der Waals surface area contributed by atoms with Crippen LogP contribution >= 0.6 is 0 Å². The number of rotatable bonds is 3. The average Bonchev–Trinajstić information content (AvgIpc) is 2.15. The van der Waals surface area contributed by atoms with E-state index in [0.29, 0.717) is 18.9 Å². The van der Waals surface area contributed by atoms with Gasteiger partial charge in [-0.3, -0.25) is 4.79 Å². The summed E-state index contributed by atoms with van der Waals surface area (Å²) >= 11 is 0. The van der Waals surface area contributed by atoms with Gasteiger partial charge in [0.1, 0.15) is 5.78 Å². The van der Waals surface area contributed by atoms with Crippen LogP contribution < -0.4 is 0 Å². The van der Waals surface area contributed by atoms with E-state index in [9.17, 15) is 4.79 Å². The predicted octanol–water partition coefficient (Wildman–Crippen LogP) is 2.39. The summed E-state index contributed by atoms with van der Waals surface area (Å²) in [4.78, 5) is 11.7. The Balaban J connectivity index is 2.76. The lowest BCUT2D eigenvalue weighted by Crippen LogP contribution is -2.50. The van der Waals surface area contributed by atoms with E-state index in [4.69, 9.17) is 9.47 Å². The summed E-state index contributed by atoms with van der Waals surface area (Å²) in [7, 11) is 0. The Morgan fingerprint density at radius 2 is 2.07 bits per heavy atom. The molecule has 0 bridgehead atoms. The van der Waals surface area contributed by atoms with Crippen molar-refractivity contribution in [3.8, 4) is 0 Å². The topological polar surface area (TPSA) is 35.5 Å². The molecule has 0 aliphatic carbocycles. The monoisotopic (exact) mass is 214 g/mol. The van der Waals surface area contributed by atoms with Gasteiger partial charge in [-0.15, -0.1) is 0 Å². The zero-order valence-corrected chi connectivity index (χ0v) is 10.4. The first-order valence-electron chi connectivity index (χ1n) is 5.72. The molecule has 1 heterocycles. The van der Waals surface area contributed by atoms with Crippen molar-refractivity contribution in [1.29, 1.82) is 0 Å². The summed E-state index contributed by atoms with van der Waals surface area (Å²) in [5, 5.41) is 0. The van der Waals surface area contributed by atoms with Gasteiger partial charge >= 0.3 is 0 Å². The fourth-order valence-electron chi connectivity index (χ4n) is 1.97. The van der Waals surface area contributed by atoms with E-state index in [1.807, 2.05) is 20.8 Å². The quantitative estimate of drug-likeness (QED) is 0.723. The molecule has 0 amide bonds. The van der Waals surface area contributed by atoms with E-state index in [1.54, 1.807) is 0 Å². The maximum absolute atomic E-state index is 11.7. The highest BCUT2D eigenvalue weighted by Crippen LogP contribution is 2.31. The van der Waals surface area contributed by atoms with Crippen molar-refractivity contribution in [3.63, 3.8) is 0 Å². The molecule has 1 rings (SSSR count). The molecule has 0 unspecified atom stereocenters. The van der Waals surface area contributed by atoms with E-state index in [2.05, 4.69) is 13.8 Å². The highest BCUT2D eigenvalue weighted by atomic mass is 16.7. The molecule has 1 saturated heterocycles. The molecule has 0 aromatic rings. The molecule has 0 radical (unpaired) electrons. The summed E-state index contributed by atoms with van der Waals surface area (Å²) in [5.74, 6) is -0.0691. The van der Waals surface area contributed by atoms with Crippen LogP contribution in [0.2, 0.25) is 0 Å². The van der Waals surface area contributed by atoms with Crippen molar-refractivity contribution in [2.24, 2.45) is 11.8 Å². The normalized spacial score (nSPS) is 30.5. The van der Waals surface area contributed by atoms with E-state index < -0.39 is 5.79 Å². The number of ketones is 1. The number of carbonyl (C=O) groups excluding carboxylic acids is 1. The predicted molar refractivity (Wildman–Crippen MR) is 58.5 cm³/mol. The lowest BCUT2D eigenvalue weighted by Gasteiger charge is -2.42. The van der Waals surface area contributed by atoms with Crippen molar-refractivity contribution in [1.82, 2.24) is 0 Å². The molecular formula is C12H22O3. The molecule has 88 valence electrons. The van der Waals surface area contributed by atoms with E-state index in [1.165, 1.54) is 0 Å². The molecule has 1 fully saturated rings. The molecule has 0 aromatic carbocycles. The van der Waals surface area contributed by atoms with Crippen LogP contribution in [0.4, 0.5) is 0 Å². The van der Waals surface area contributed by atoms with E-state index in [-0.39, 0.29) is 17.8 Å². The van der Waals surface area contributed by atoms with Crippen molar-refractivity contribution < 1.29 is 14.3 Å². The minimum atomic E-state index is -0.556. The Kier molecular flexibility index (Phi) is 3.90. The standard InChI is InChI=1S/C12H22O3/c1-6-10(13)9-7-14-12(4,5)15-11(9)8(2)3/h8-9,11H,6-7H2,1-5H3/t9-,11+/m1/s1. The summed E-state index contributed by atoms with van der Waals surface area (Å²) in [6, 6.07) is 0. The lowest BCUT2D eigenvalue weighted by atomic mass is 9.88. The first kappa shape index (κ1) is 12.7. The maximum atomic E-state index is 11.7. The third kappa shape index (κ3) is 3.02. The molecular weight excluding hydrogens is 192 g/mol. The van der Waals surface area contributed by atoms with Gasteiger partial charge in [0.05, 0.1) is 18.6 Å². The van der Waals surface area contributed by atoms with Crippen molar-refractivity contribution >= 4 is 5.78 Å². The molecule has 0 aromatic heterocycles. The fraction of sp³-hybridized carbons (Fsp3) is 0.917. The first-order valence-corrected chi connectivity index (χ1v) is 5.72. The van der Waals surface area contributed by atoms with Gasteiger partial charge in [0.2, 0.25) is 0 Å². The van der Waals surface area contributed by atoms with Gasteiger partial charge in [-0.1, -0.05) is 20.8 Å². The van der Waals surface area contributed by atoms with Gasteiger partial charge in [0.15, 0.2) is 5.79 Å². The number of ether oxygens (including phenoxy) is 2. The molecule has 1 aliphatic rings. The summed E-state index contributed by atoms with van der Waals surface area (Å²) in [6.07, 6.45) is 0.544. The second kappa shape index (κ2) is 4.62. The van der Waals surface area contributed by atoms with Crippen LogP contribution in [0, 0.1) is 11.8 Å². The number of hydrogen-bond donors (Lipinski definition) is 0. The van der Waals surface area contributed by atoms with Crippen LogP contribution in [-0.4, -0.2) is 24.3 Å². The Bertz CT molecular complexity index is 233. The van der Waals surface area contributed by atoms with Crippen LogP contribution in [0.25, 0.3) is 0 Å². The van der Waals surface area contributed by atoms with Gasteiger partial charge in [0.25, 0.3) is 0 Å². The third-order valence-corrected chi connectivity index (χ3v) is 2.85. The van der Waals surface area contributed by atoms with Crippen molar-refractivity contribution in [2.75, 3.05) is 6.61 Å². The van der Waals surface area contributed by atoms with Crippen LogP contribution in [-0.2, 0) is 14.3 Å². The second-order valence-corrected chi connectivity index (χ2v) is 4.96. The summed E-state index contributed by atoms with van der Waals surface area (Å²) in [5.41, 5.74) is 0. The lowest BCUT2D eigenvalue weighted by molar-refractivity contribution is -0.295. The van der Waals surface area contributed by atoms with Gasteiger partial charge in [-0.05, 0) is 19.8 Å². The third-order valence-electron chi connectivity index (χ3n) is 2.85. The minimum Gasteiger partial charge on any atom is -0.350 e. The van der Waals surface area contributed by atoms with E-state index >= 15 is 0 Å². The van der Waals surface area contributed by atoms with E-state index in [0.717, 1.165) is 0 Å². The molecule has 0 saturated carbocycles. The number of Topliss-reactive ketones (excluding diaryl/α,β-unsaturated/α-hetero) is 1. The van der Waals surface area contributed by atoms with Gasteiger partial charge in [-0.25, -0.2) is 0 Å². The van der Waals surface area contributed by atoms with Crippen molar-refractivity contribution in [3.05, 3.63) is 0 Å². The number of carbonyl (C=O) groups is 1. The summed E-state index contributed by atoms with van der Waals surface area (Å²) in [6.45, 7) is 10.3. The Hall–Kier alpha value is -0.410. The van der Waals surface area contributed by atoms with Crippen molar-refractivity contribution in [2.45, 2.75) is 52.9 Å². The second-order valence-electron chi connectivity index (χ2n) is 4.96. The Morgan fingerprint density at radius 3 is 2.53 bits per heavy atom.